The molecule has 0 atom stereocenters. The summed E-state index contributed by atoms with van der Waals surface area (Å²) in [7, 11) is 0. The molecule has 2 N–H and O–H groups in total. The smallest absolute Gasteiger partial charge is 0.311 e. The van der Waals surface area contributed by atoms with Crippen LogP contribution in [0.4, 0.5) is 21.6 Å². The van der Waals surface area contributed by atoms with Crippen LogP contribution in [0.5, 0.6) is 5.75 Å². The van der Waals surface area contributed by atoms with Crippen LogP contribution in [-0.4, -0.2) is 34.0 Å². The van der Waals surface area contributed by atoms with Crippen LogP contribution in [0.25, 0.3) is 10.9 Å². The summed E-state index contributed by atoms with van der Waals surface area (Å²) >= 11 is 3.19. The molecule has 11 heteroatoms. The maximum atomic E-state index is 14.2. The molecule has 0 radical (unpaired) electrons. The van der Waals surface area contributed by atoms with Gasteiger partial charge in [0.1, 0.15) is 24.6 Å². The number of ether oxygens (including phenoxy) is 1. The number of benzene rings is 2. The number of halogens is 2. The van der Waals surface area contributed by atoms with Crippen molar-refractivity contribution >= 4 is 49.9 Å². The minimum atomic E-state index is -0.587. The highest BCUT2D eigenvalue weighted by atomic mass is 79.9. The normalized spacial score (nSPS) is 10.6. The third-order valence-electron chi connectivity index (χ3n) is 4.10. The van der Waals surface area contributed by atoms with E-state index in [-0.39, 0.29) is 42.0 Å². The quantitative estimate of drug-likeness (QED) is 0.284. The molecule has 0 unspecified atom stereocenters. The summed E-state index contributed by atoms with van der Waals surface area (Å²) in [6, 6.07) is 7.15. The van der Waals surface area contributed by atoms with Gasteiger partial charge < -0.3 is 15.4 Å². The molecule has 30 heavy (non-hydrogen) atoms. The van der Waals surface area contributed by atoms with E-state index >= 15 is 0 Å². The molecule has 0 aliphatic rings. The number of fused-ring (bicyclic) bond motifs is 1. The largest absolute Gasteiger partial charge is 0.485 e. The number of nitrogens with zero attached hydrogens (tertiary/aromatic N) is 3. The van der Waals surface area contributed by atoms with Gasteiger partial charge in [0, 0.05) is 23.0 Å². The molecule has 0 saturated heterocycles. The van der Waals surface area contributed by atoms with Gasteiger partial charge in [-0.2, -0.15) is 0 Å². The molecular weight excluding hydrogens is 461 g/mol. The first kappa shape index (κ1) is 21.4. The maximum Gasteiger partial charge on any atom is 0.311 e. The number of nitro groups is 1. The van der Waals surface area contributed by atoms with E-state index < -0.39 is 10.7 Å². The average Bonchev–Trinajstić information content (AvgIpc) is 2.72. The second-order valence-corrected chi connectivity index (χ2v) is 7.03. The number of rotatable bonds is 8. The first-order valence-corrected chi connectivity index (χ1v) is 9.73. The minimum absolute atomic E-state index is 0.0118. The van der Waals surface area contributed by atoms with Crippen LogP contribution in [-0.2, 0) is 4.79 Å². The Morgan fingerprint density at radius 3 is 2.80 bits per heavy atom. The predicted octanol–water partition coefficient (Wildman–Crippen LogP) is 4.09. The monoisotopic (exact) mass is 477 g/mol. The van der Waals surface area contributed by atoms with Gasteiger partial charge in [0.2, 0.25) is 5.91 Å². The summed E-state index contributed by atoms with van der Waals surface area (Å²) in [6.45, 7) is 1.98. The molecule has 0 saturated carbocycles. The van der Waals surface area contributed by atoms with Crippen molar-refractivity contribution in [1.29, 1.82) is 0 Å². The number of anilines is 2. The highest BCUT2D eigenvalue weighted by Crippen LogP contribution is 2.35. The van der Waals surface area contributed by atoms with Crippen LogP contribution in [0.15, 0.2) is 41.1 Å². The van der Waals surface area contributed by atoms with Crippen molar-refractivity contribution in [2.75, 3.05) is 18.5 Å². The van der Waals surface area contributed by atoms with Gasteiger partial charge in [0.15, 0.2) is 5.75 Å². The lowest BCUT2D eigenvalue weighted by Gasteiger charge is -2.12. The van der Waals surface area contributed by atoms with Crippen molar-refractivity contribution in [2.24, 2.45) is 0 Å². The number of carbonyl (C=O) groups excluding carboxylic acids is 1. The summed E-state index contributed by atoms with van der Waals surface area (Å²) in [5, 5.41) is 17.3. The Morgan fingerprint density at radius 2 is 2.10 bits per heavy atom. The van der Waals surface area contributed by atoms with Gasteiger partial charge in [0.25, 0.3) is 0 Å². The molecule has 1 amide bonds. The second kappa shape index (κ2) is 9.44. The van der Waals surface area contributed by atoms with Gasteiger partial charge in [-0.1, -0.05) is 22.9 Å². The molecule has 0 spiro atoms. The number of nitro benzene ring substituents is 1. The summed E-state index contributed by atoms with van der Waals surface area (Å²) < 4.78 is 20.2. The molecule has 2 aromatic carbocycles. The number of aromatic nitrogens is 2. The molecule has 0 aliphatic heterocycles. The first-order valence-electron chi connectivity index (χ1n) is 8.93. The third kappa shape index (κ3) is 4.98. The summed E-state index contributed by atoms with van der Waals surface area (Å²) in [4.78, 5) is 30.4. The van der Waals surface area contributed by atoms with Crippen molar-refractivity contribution in [1.82, 2.24) is 15.3 Å². The predicted molar refractivity (Wildman–Crippen MR) is 112 cm³/mol. The molecule has 0 fully saturated rings. The first-order chi connectivity index (χ1) is 14.4. The van der Waals surface area contributed by atoms with Crippen molar-refractivity contribution < 1.29 is 18.8 Å². The summed E-state index contributed by atoms with van der Waals surface area (Å²) in [6.07, 6.45) is 1.60. The van der Waals surface area contributed by atoms with E-state index in [1.165, 1.54) is 30.6 Å². The van der Waals surface area contributed by atoms with Crippen molar-refractivity contribution in [2.45, 2.75) is 13.3 Å². The molecular formula is C19H17BrFN5O4. The standard InChI is InChI=1S/C19H17BrFN5O4/c1-2-18(27)22-5-6-30-17-9-15-12(8-16(17)26(28)29)19(24-10-23-15)25-14-4-3-11(20)7-13(14)21/h3-4,7-10H,2,5-6H2,1H3,(H,22,27)(H,23,24,25). The fourth-order valence-electron chi connectivity index (χ4n) is 2.63. The highest BCUT2D eigenvalue weighted by molar-refractivity contribution is 9.10. The Morgan fingerprint density at radius 1 is 1.30 bits per heavy atom. The minimum Gasteiger partial charge on any atom is -0.485 e. The lowest BCUT2D eigenvalue weighted by Crippen LogP contribution is -2.27. The Hall–Kier alpha value is -3.34. The molecule has 9 nitrogen and oxygen atoms in total. The third-order valence-corrected chi connectivity index (χ3v) is 4.59. The van der Waals surface area contributed by atoms with E-state index in [1.54, 1.807) is 13.0 Å². The van der Waals surface area contributed by atoms with Gasteiger partial charge in [-0.05, 0) is 18.2 Å². The Labute approximate surface area is 178 Å². The van der Waals surface area contributed by atoms with Crippen LogP contribution in [0.2, 0.25) is 0 Å². The zero-order chi connectivity index (χ0) is 21.7. The number of hydrogen-bond acceptors (Lipinski definition) is 7. The lowest BCUT2D eigenvalue weighted by atomic mass is 10.2. The van der Waals surface area contributed by atoms with Gasteiger partial charge in [-0.25, -0.2) is 14.4 Å². The summed E-state index contributed by atoms with van der Waals surface area (Å²) in [5.41, 5.74) is 0.245. The fraction of sp³-hybridized carbons (Fsp3) is 0.211. The van der Waals surface area contributed by atoms with E-state index in [9.17, 15) is 19.3 Å². The van der Waals surface area contributed by atoms with Gasteiger partial charge >= 0.3 is 5.69 Å². The van der Waals surface area contributed by atoms with Gasteiger partial charge in [0.05, 0.1) is 28.1 Å². The number of carbonyl (C=O) groups is 1. The van der Waals surface area contributed by atoms with Crippen LogP contribution in [0.1, 0.15) is 13.3 Å². The van der Waals surface area contributed by atoms with Crippen molar-refractivity contribution in [3.63, 3.8) is 0 Å². The Bertz CT molecular complexity index is 1110. The van der Waals surface area contributed by atoms with Crippen LogP contribution >= 0.6 is 15.9 Å². The molecule has 3 aromatic rings. The second-order valence-electron chi connectivity index (χ2n) is 6.12. The number of amides is 1. The van der Waals surface area contributed by atoms with Crippen LogP contribution < -0.4 is 15.4 Å². The molecule has 1 aromatic heterocycles. The molecule has 0 aliphatic carbocycles. The van der Waals surface area contributed by atoms with Crippen LogP contribution in [0.3, 0.4) is 0 Å². The average molecular weight is 478 g/mol. The molecule has 0 bridgehead atoms. The lowest BCUT2D eigenvalue weighted by molar-refractivity contribution is -0.385. The molecule has 3 rings (SSSR count). The summed E-state index contributed by atoms with van der Waals surface area (Å²) in [5.74, 6) is -0.432. The topological polar surface area (TPSA) is 119 Å². The van der Waals surface area contributed by atoms with E-state index in [0.717, 1.165) is 0 Å². The Balaban J connectivity index is 1.91. The SMILES string of the molecule is CCC(=O)NCCOc1cc2ncnc(Nc3ccc(Br)cc3F)c2cc1[N+](=O)[O-]. The zero-order valence-corrected chi connectivity index (χ0v) is 17.4. The van der Waals surface area contributed by atoms with Crippen molar-refractivity contribution in [3.05, 3.63) is 57.1 Å². The van der Waals surface area contributed by atoms with Crippen LogP contribution in [0, 0.1) is 15.9 Å². The van der Waals surface area contributed by atoms with Crippen molar-refractivity contribution in [3.8, 4) is 5.75 Å². The van der Waals surface area contributed by atoms with E-state index in [1.807, 2.05) is 0 Å². The maximum absolute atomic E-state index is 14.2. The van der Waals surface area contributed by atoms with E-state index in [2.05, 4.69) is 36.5 Å². The number of nitrogens with one attached hydrogen (secondary N) is 2. The van der Waals surface area contributed by atoms with Gasteiger partial charge in [-0.3, -0.25) is 14.9 Å². The zero-order valence-electron chi connectivity index (χ0n) is 15.8. The van der Waals surface area contributed by atoms with Gasteiger partial charge in [-0.15, -0.1) is 0 Å². The Kier molecular flexibility index (Phi) is 6.72. The van der Waals surface area contributed by atoms with E-state index in [0.29, 0.717) is 21.8 Å². The van der Waals surface area contributed by atoms with E-state index in [4.69, 9.17) is 4.74 Å². The number of hydrogen-bond donors (Lipinski definition) is 2. The molecule has 1 heterocycles. The fourth-order valence-corrected chi connectivity index (χ4v) is 2.96. The molecule has 156 valence electrons. The highest BCUT2D eigenvalue weighted by Gasteiger charge is 2.20.